The van der Waals surface area contributed by atoms with Crippen LogP contribution in [0.25, 0.3) is 0 Å². The standard InChI is InChI=1S/C13H16BrN3O3S/c1-3-6-17-8-13(15-9(17)2)21(19,20)16-11-7-10(14)4-5-12(11)18/h4-5,7-8,16,18H,3,6H2,1-2H3. The number of imidazole rings is 1. The molecule has 2 rings (SSSR count). The molecule has 0 aliphatic carbocycles. The van der Waals surface area contributed by atoms with Crippen LogP contribution in [-0.2, 0) is 16.6 Å². The van der Waals surface area contributed by atoms with Crippen molar-refractivity contribution in [3.63, 3.8) is 0 Å². The van der Waals surface area contributed by atoms with E-state index in [1.54, 1.807) is 17.6 Å². The normalized spacial score (nSPS) is 11.6. The predicted molar refractivity (Wildman–Crippen MR) is 83.9 cm³/mol. The number of rotatable bonds is 5. The number of aromatic hydroxyl groups is 1. The fourth-order valence-corrected chi connectivity index (χ4v) is 3.30. The van der Waals surface area contributed by atoms with E-state index in [4.69, 9.17) is 0 Å². The van der Waals surface area contributed by atoms with Gasteiger partial charge in [0.25, 0.3) is 10.0 Å². The highest BCUT2D eigenvalue weighted by molar-refractivity contribution is 9.10. The summed E-state index contributed by atoms with van der Waals surface area (Å²) in [6.07, 6.45) is 2.38. The first-order valence-electron chi connectivity index (χ1n) is 6.38. The molecule has 2 N–H and O–H groups in total. The molecule has 8 heteroatoms. The third-order valence-electron chi connectivity index (χ3n) is 2.90. The number of anilines is 1. The Balaban J connectivity index is 2.34. The molecule has 0 saturated heterocycles. The van der Waals surface area contributed by atoms with Crippen LogP contribution >= 0.6 is 15.9 Å². The first-order chi connectivity index (χ1) is 9.83. The van der Waals surface area contributed by atoms with Crippen molar-refractivity contribution in [2.24, 2.45) is 0 Å². The van der Waals surface area contributed by atoms with Gasteiger partial charge in [-0.2, -0.15) is 8.42 Å². The fraction of sp³-hybridized carbons (Fsp3) is 0.308. The van der Waals surface area contributed by atoms with Crippen LogP contribution in [0.3, 0.4) is 0 Å². The number of nitrogens with zero attached hydrogens (tertiary/aromatic N) is 2. The van der Waals surface area contributed by atoms with Gasteiger partial charge >= 0.3 is 0 Å². The van der Waals surface area contributed by atoms with Gasteiger partial charge in [-0.1, -0.05) is 22.9 Å². The maximum atomic E-state index is 12.3. The van der Waals surface area contributed by atoms with E-state index in [0.29, 0.717) is 16.8 Å². The molecule has 0 spiro atoms. The number of hydrogen-bond donors (Lipinski definition) is 2. The molecule has 1 aromatic carbocycles. The number of aromatic nitrogens is 2. The lowest BCUT2D eigenvalue weighted by atomic mass is 10.3. The van der Waals surface area contributed by atoms with E-state index >= 15 is 0 Å². The van der Waals surface area contributed by atoms with Gasteiger partial charge in [0.1, 0.15) is 11.6 Å². The Morgan fingerprint density at radius 1 is 1.43 bits per heavy atom. The van der Waals surface area contributed by atoms with Gasteiger partial charge in [0.15, 0.2) is 5.03 Å². The molecule has 0 atom stereocenters. The van der Waals surface area contributed by atoms with Crippen molar-refractivity contribution in [2.75, 3.05) is 4.72 Å². The Bertz CT molecular complexity index is 756. The first-order valence-corrected chi connectivity index (χ1v) is 8.66. The third-order valence-corrected chi connectivity index (χ3v) is 4.63. The number of benzene rings is 1. The molecule has 1 heterocycles. The molecule has 0 unspecified atom stereocenters. The molecule has 2 aromatic rings. The summed E-state index contributed by atoms with van der Waals surface area (Å²) >= 11 is 3.23. The van der Waals surface area contributed by atoms with E-state index < -0.39 is 10.0 Å². The van der Waals surface area contributed by atoms with Crippen LogP contribution < -0.4 is 4.72 Å². The summed E-state index contributed by atoms with van der Waals surface area (Å²) in [4.78, 5) is 4.07. The molecule has 0 fully saturated rings. The maximum Gasteiger partial charge on any atom is 0.281 e. The van der Waals surface area contributed by atoms with Gasteiger partial charge in [0, 0.05) is 17.2 Å². The van der Waals surface area contributed by atoms with Gasteiger partial charge in [0.2, 0.25) is 0 Å². The molecule has 0 saturated carbocycles. The van der Waals surface area contributed by atoms with Crippen molar-refractivity contribution in [2.45, 2.75) is 31.8 Å². The number of phenols is 1. The number of hydrogen-bond acceptors (Lipinski definition) is 4. The van der Waals surface area contributed by atoms with Crippen LogP contribution in [0.2, 0.25) is 0 Å². The molecule has 0 amide bonds. The van der Waals surface area contributed by atoms with Gasteiger partial charge in [0.05, 0.1) is 5.69 Å². The summed E-state index contributed by atoms with van der Waals surface area (Å²) in [6.45, 7) is 4.47. The van der Waals surface area contributed by atoms with E-state index in [1.165, 1.54) is 18.3 Å². The Morgan fingerprint density at radius 3 is 2.81 bits per heavy atom. The van der Waals surface area contributed by atoms with Crippen molar-refractivity contribution >= 4 is 31.6 Å². The van der Waals surface area contributed by atoms with Gasteiger partial charge in [-0.25, -0.2) is 4.98 Å². The van der Waals surface area contributed by atoms with Crippen LogP contribution in [0.1, 0.15) is 19.2 Å². The number of halogens is 1. The van der Waals surface area contributed by atoms with Crippen LogP contribution in [0.15, 0.2) is 33.9 Å². The number of phenolic OH excluding ortho intramolecular Hbond substituents is 1. The third kappa shape index (κ3) is 3.56. The van der Waals surface area contributed by atoms with E-state index in [-0.39, 0.29) is 16.5 Å². The molecule has 0 radical (unpaired) electrons. The van der Waals surface area contributed by atoms with Gasteiger partial charge in [-0.3, -0.25) is 4.72 Å². The lowest BCUT2D eigenvalue weighted by molar-refractivity contribution is 0.477. The molecule has 0 bridgehead atoms. The first kappa shape index (κ1) is 15.8. The minimum absolute atomic E-state index is 0.0622. The molecule has 114 valence electrons. The highest BCUT2D eigenvalue weighted by Crippen LogP contribution is 2.28. The van der Waals surface area contributed by atoms with E-state index in [2.05, 4.69) is 25.6 Å². The fourth-order valence-electron chi connectivity index (χ4n) is 1.86. The summed E-state index contributed by atoms with van der Waals surface area (Å²) < 4.78 is 29.4. The Kier molecular flexibility index (Phi) is 4.58. The SMILES string of the molecule is CCCn1cc(S(=O)(=O)Nc2cc(Br)ccc2O)nc1C. The lowest BCUT2D eigenvalue weighted by Gasteiger charge is -2.08. The summed E-state index contributed by atoms with van der Waals surface area (Å²) in [5.41, 5.74) is 0.104. The quantitative estimate of drug-likeness (QED) is 0.789. The van der Waals surface area contributed by atoms with Crippen molar-refractivity contribution in [3.8, 4) is 5.75 Å². The monoisotopic (exact) mass is 373 g/mol. The summed E-state index contributed by atoms with van der Waals surface area (Å²) in [7, 11) is -3.84. The highest BCUT2D eigenvalue weighted by Gasteiger charge is 2.20. The molecular formula is C13H16BrN3O3S. The smallest absolute Gasteiger partial charge is 0.281 e. The van der Waals surface area contributed by atoms with Gasteiger partial charge in [-0.05, 0) is 31.5 Å². The van der Waals surface area contributed by atoms with Crippen molar-refractivity contribution in [1.29, 1.82) is 0 Å². The van der Waals surface area contributed by atoms with Crippen LogP contribution in [0, 0.1) is 6.92 Å². The Hall–Kier alpha value is -1.54. The zero-order valence-corrected chi connectivity index (χ0v) is 14.1. The topological polar surface area (TPSA) is 84.2 Å². The Labute approximate surface area is 132 Å². The number of aryl methyl sites for hydroxylation is 2. The van der Waals surface area contributed by atoms with Crippen LogP contribution in [0.4, 0.5) is 5.69 Å². The second-order valence-corrected chi connectivity index (χ2v) is 7.13. The minimum Gasteiger partial charge on any atom is -0.506 e. The molecule has 0 aliphatic heterocycles. The van der Waals surface area contributed by atoms with Crippen molar-refractivity contribution in [1.82, 2.24) is 9.55 Å². The average molecular weight is 374 g/mol. The average Bonchev–Trinajstić information content (AvgIpc) is 2.77. The van der Waals surface area contributed by atoms with Crippen molar-refractivity contribution in [3.05, 3.63) is 34.7 Å². The number of nitrogens with one attached hydrogen (secondary N) is 1. The summed E-state index contributed by atoms with van der Waals surface area (Å²) in [5.74, 6) is 0.488. The molecule has 21 heavy (non-hydrogen) atoms. The second kappa shape index (κ2) is 6.07. The lowest BCUT2D eigenvalue weighted by Crippen LogP contribution is -2.13. The zero-order valence-electron chi connectivity index (χ0n) is 11.7. The molecule has 1 aromatic heterocycles. The zero-order chi connectivity index (χ0) is 15.6. The largest absolute Gasteiger partial charge is 0.506 e. The van der Waals surface area contributed by atoms with E-state index in [9.17, 15) is 13.5 Å². The molecule has 0 aliphatic rings. The van der Waals surface area contributed by atoms with E-state index in [0.717, 1.165) is 6.42 Å². The molecular weight excluding hydrogens is 358 g/mol. The van der Waals surface area contributed by atoms with Crippen LogP contribution in [0.5, 0.6) is 5.75 Å². The second-order valence-electron chi connectivity index (χ2n) is 4.59. The van der Waals surface area contributed by atoms with Crippen LogP contribution in [-0.4, -0.2) is 23.1 Å². The molecule has 6 nitrogen and oxygen atoms in total. The van der Waals surface area contributed by atoms with E-state index in [1.807, 2.05) is 6.92 Å². The summed E-state index contributed by atoms with van der Waals surface area (Å²) in [6, 6.07) is 4.51. The Morgan fingerprint density at radius 2 is 2.14 bits per heavy atom. The van der Waals surface area contributed by atoms with Crippen molar-refractivity contribution < 1.29 is 13.5 Å². The summed E-state index contributed by atoms with van der Waals surface area (Å²) in [5, 5.41) is 9.65. The highest BCUT2D eigenvalue weighted by atomic mass is 79.9. The maximum absolute atomic E-state index is 12.3. The minimum atomic E-state index is -3.84. The van der Waals surface area contributed by atoms with Gasteiger partial charge in [-0.15, -0.1) is 0 Å². The predicted octanol–water partition coefficient (Wildman–Crippen LogP) is 2.87. The van der Waals surface area contributed by atoms with Gasteiger partial charge < -0.3 is 9.67 Å². The number of sulfonamides is 1.